The van der Waals surface area contributed by atoms with E-state index < -0.39 is 0 Å². The van der Waals surface area contributed by atoms with Crippen molar-refractivity contribution in [1.82, 2.24) is 9.97 Å². The molecular weight excluding hydrogens is 382 g/mol. The van der Waals surface area contributed by atoms with Crippen molar-refractivity contribution in [3.05, 3.63) is 63.1 Å². The van der Waals surface area contributed by atoms with Crippen molar-refractivity contribution in [2.24, 2.45) is 0 Å². The van der Waals surface area contributed by atoms with Gasteiger partial charge >= 0.3 is 0 Å². The van der Waals surface area contributed by atoms with Crippen LogP contribution in [0.3, 0.4) is 0 Å². The highest BCUT2D eigenvalue weighted by Gasteiger charge is 2.07. The van der Waals surface area contributed by atoms with E-state index in [9.17, 15) is 9.59 Å². The third kappa shape index (κ3) is 5.57. The van der Waals surface area contributed by atoms with Gasteiger partial charge in [-0.1, -0.05) is 12.1 Å². The van der Waals surface area contributed by atoms with E-state index in [-0.39, 0.29) is 11.7 Å². The number of carbonyl (C=O) groups is 2. The Balaban J connectivity index is 1.57. The van der Waals surface area contributed by atoms with Gasteiger partial charge in [-0.15, -0.1) is 22.7 Å². The van der Waals surface area contributed by atoms with E-state index in [1.807, 2.05) is 36.6 Å². The van der Waals surface area contributed by atoms with Crippen molar-refractivity contribution in [1.29, 1.82) is 0 Å². The number of carbonyl (C=O) groups excluding carboxylic acids is 2. The number of nitrogens with zero attached hydrogens (tertiary/aromatic N) is 2. The first-order valence-electron chi connectivity index (χ1n) is 8.09. The van der Waals surface area contributed by atoms with Crippen molar-refractivity contribution in [2.45, 2.75) is 20.5 Å². The fourth-order valence-corrected chi connectivity index (χ4v) is 3.50. The second-order valence-corrected chi connectivity index (χ2v) is 7.56. The zero-order valence-electron chi connectivity index (χ0n) is 14.8. The summed E-state index contributed by atoms with van der Waals surface area (Å²) >= 11 is 2.80. The number of ketones is 1. The molecule has 0 aliphatic heterocycles. The Morgan fingerprint density at radius 3 is 2.78 bits per heavy atom. The molecule has 0 fully saturated rings. The van der Waals surface area contributed by atoms with Crippen molar-refractivity contribution < 1.29 is 14.3 Å². The summed E-state index contributed by atoms with van der Waals surface area (Å²) in [6.07, 6.45) is 3.10. The third-order valence-corrected chi connectivity index (χ3v) is 5.01. The van der Waals surface area contributed by atoms with Crippen LogP contribution in [0.2, 0.25) is 0 Å². The average molecular weight is 399 g/mol. The maximum Gasteiger partial charge on any atom is 0.250 e. The van der Waals surface area contributed by atoms with Gasteiger partial charge in [-0.3, -0.25) is 14.9 Å². The lowest BCUT2D eigenvalue weighted by molar-refractivity contribution is -0.111. The molecule has 0 saturated carbocycles. The minimum absolute atomic E-state index is 0.132. The lowest BCUT2D eigenvalue weighted by atomic mass is 10.2. The first-order chi connectivity index (χ1) is 13.0. The van der Waals surface area contributed by atoms with Crippen molar-refractivity contribution >= 4 is 45.6 Å². The van der Waals surface area contributed by atoms with Gasteiger partial charge in [-0.05, 0) is 30.7 Å². The average Bonchev–Trinajstić information content (AvgIpc) is 3.28. The van der Waals surface area contributed by atoms with Gasteiger partial charge in [0.1, 0.15) is 18.1 Å². The molecule has 2 heterocycles. The number of benzene rings is 1. The van der Waals surface area contributed by atoms with Crippen LogP contribution < -0.4 is 10.1 Å². The number of aryl methyl sites for hydroxylation is 1. The van der Waals surface area contributed by atoms with Gasteiger partial charge < -0.3 is 4.74 Å². The highest BCUT2D eigenvalue weighted by molar-refractivity contribution is 7.14. The van der Waals surface area contributed by atoms with Crippen LogP contribution in [-0.2, 0) is 11.4 Å². The van der Waals surface area contributed by atoms with Gasteiger partial charge in [0.2, 0.25) is 5.91 Å². The molecule has 6 nitrogen and oxygen atoms in total. The number of hydrogen-bond acceptors (Lipinski definition) is 7. The third-order valence-electron chi connectivity index (χ3n) is 3.43. The molecule has 0 atom stereocenters. The summed E-state index contributed by atoms with van der Waals surface area (Å²) in [5.74, 6) is 0.255. The van der Waals surface area contributed by atoms with Crippen LogP contribution in [0.4, 0.5) is 5.13 Å². The quantitative estimate of drug-likeness (QED) is 0.472. The number of anilines is 1. The van der Waals surface area contributed by atoms with E-state index in [0.29, 0.717) is 23.2 Å². The minimum atomic E-state index is -0.316. The topological polar surface area (TPSA) is 81.2 Å². The summed E-state index contributed by atoms with van der Waals surface area (Å²) < 4.78 is 5.74. The van der Waals surface area contributed by atoms with Gasteiger partial charge in [-0.25, -0.2) is 9.97 Å². The summed E-state index contributed by atoms with van der Waals surface area (Å²) in [6.45, 7) is 3.79. The first kappa shape index (κ1) is 18.9. The summed E-state index contributed by atoms with van der Waals surface area (Å²) in [6, 6.07) is 7.44. The lowest BCUT2D eigenvalue weighted by Crippen LogP contribution is -2.07. The highest BCUT2D eigenvalue weighted by Crippen LogP contribution is 2.18. The predicted octanol–water partition coefficient (Wildman–Crippen LogP) is 4.34. The van der Waals surface area contributed by atoms with E-state index in [1.54, 1.807) is 22.8 Å². The molecule has 1 aromatic carbocycles. The fourth-order valence-electron chi connectivity index (χ4n) is 2.15. The largest absolute Gasteiger partial charge is 0.487 e. The zero-order valence-corrected chi connectivity index (χ0v) is 16.4. The highest BCUT2D eigenvalue weighted by atomic mass is 32.1. The number of Topliss-reactive ketones (excluding diaryl/α,β-unsaturated/α-hetero) is 1. The van der Waals surface area contributed by atoms with Crippen LogP contribution in [-0.4, -0.2) is 21.7 Å². The maximum atomic E-state index is 12.0. The van der Waals surface area contributed by atoms with Gasteiger partial charge in [0, 0.05) is 23.8 Å². The van der Waals surface area contributed by atoms with Gasteiger partial charge in [0.05, 0.1) is 10.7 Å². The van der Waals surface area contributed by atoms with Gasteiger partial charge in [0.15, 0.2) is 10.9 Å². The Morgan fingerprint density at radius 1 is 1.22 bits per heavy atom. The number of hydrogen-bond donors (Lipinski definition) is 1. The molecule has 0 unspecified atom stereocenters. The lowest BCUT2D eigenvalue weighted by Gasteiger charge is -2.05. The molecule has 1 N–H and O–H groups in total. The van der Waals surface area contributed by atoms with Crippen LogP contribution in [0.5, 0.6) is 5.75 Å². The Labute approximate surface area is 164 Å². The monoisotopic (exact) mass is 399 g/mol. The van der Waals surface area contributed by atoms with Gasteiger partial charge in [0.25, 0.3) is 0 Å². The number of rotatable bonds is 7. The number of aromatic nitrogens is 2. The number of ether oxygens (including phenoxy) is 1. The molecule has 8 heteroatoms. The molecule has 0 saturated heterocycles. The van der Waals surface area contributed by atoms with Crippen molar-refractivity contribution in [3.63, 3.8) is 0 Å². The molecule has 1 amide bonds. The Morgan fingerprint density at radius 2 is 2.07 bits per heavy atom. The Bertz CT molecular complexity index is 992. The Kier molecular flexibility index (Phi) is 6.10. The summed E-state index contributed by atoms with van der Waals surface area (Å²) in [4.78, 5) is 31.7. The number of nitrogens with one attached hydrogen (secondary N) is 1. The molecule has 0 bridgehead atoms. The van der Waals surface area contributed by atoms with Crippen LogP contribution in [0.25, 0.3) is 6.08 Å². The summed E-state index contributed by atoms with van der Waals surface area (Å²) in [5.41, 5.74) is 2.08. The van der Waals surface area contributed by atoms with Crippen LogP contribution in [0, 0.1) is 6.92 Å². The number of amides is 1. The molecule has 0 aliphatic rings. The van der Waals surface area contributed by atoms with Crippen molar-refractivity contribution in [3.8, 4) is 5.75 Å². The van der Waals surface area contributed by atoms with Crippen molar-refractivity contribution in [2.75, 3.05) is 5.32 Å². The molecule has 3 rings (SSSR count). The molecule has 0 aliphatic carbocycles. The molecular formula is C19H17N3O3S2. The van der Waals surface area contributed by atoms with E-state index in [1.165, 1.54) is 24.3 Å². The smallest absolute Gasteiger partial charge is 0.250 e. The van der Waals surface area contributed by atoms with E-state index >= 15 is 0 Å². The Hall–Kier alpha value is -2.84. The zero-order chi connectivity index (χ0) is 19.2. The first-order valence-corrected chi connectivity index (χ1v) is 9.85. The fraction of sp³-hybridized carbons (Fsp3) is 0.158. The summed E-state index contributed by atoms with van der Waals surface area (Å²) in [7, 11) is 0. The maximum absolute atomic E-state index is 12.0. The van der Waals surface area contributed by atoms with Crippen LogP contribution in [0.1, 0.15) is 33.7 Å². The predicted molar refractivity (Wildman–Crippen MR) is 107 cm³/mol. The molecule has 0 radical (unpaired) electrons. The van der Waals surface area contributed by atoms with E-state index in [0.717, 1.165) is 16.3 Å². The van der Waals surface area contributed by atoms with E-state index in [4.69, 9.17) is 4.74 Å². The molecule has 0 spiro atoms. The van der Waals surface area contributed by atoms with Crippen LogP contribution >= 0.6 is 22.7 Å². The number of thiazole rings is 2. The second kappa shape index (κ2) is 8.70. The molecule has 2 aromatic heterocycles. The molecule has 138 valence electrons. The van der Waals surface area contributed by atoms with Gasteiger partial charge in [-0.2, -0.15) is 0 Å². The normalized spacial score (nSPS) is 10.9. The van der Waals surface area contributed by atoms with E-state index in [2.05, 4.69) is 15.3 Å². The summed E-state index contributed by atoms with van der Waals surface area (Å²) in [5, 5.41) is 7.63. The standard InChI is InChI=1S/C19H17N3O3S2/c1-12(23)17-11-27-19(21-17)22-18(24)7-6-14-4-3-5-16(8-14)25-9-15-10-26-13(2)20-15/h3-8,10-11H,9H2,1-2H3,(H,21,22,24)/b7-6+. The van der Waals surface area contributed by atoms with Crippen LogP contribution in [0.15, 0.2) is 41.1 Å². The SMILES string of the molecule is CC(=O)c1csc(NC(=O)/C=C/c2cccc(OCc3csc(C)n3)c2)n1. The minimum Gasteiger partial charge on any atom is -0.487 e. The molecule has 3 aromatic rings. The molecule has 27 heavy (non-hydrogen) atoms. The second-order valence-electron chi connectivity index (χ2n) is 5.64.